The quantitative estimate of drug-likeness (QED) is 0.460. The number of aryl methyl sites for hydroxylation is 1. The number of nitrogens with zero attached hydrogens (tertiary/aromatic N) is 5. The Hall–Kier alpha value is -3.01. The van der Waals surface area contributed by atoms with E-state index in [0.29, 0.717) is 15.0 Å². The molecule has 0 unspecified atom stereocenters. The lowest BCUT2D eigenvalue weighted by Gasteiger charge is -2.12. The monoisotopic (exact) mass is 343 g/mol. The summed E-state index contributed by atoms with van der Waals surface area (Å²) in [6, 6.07) is 4.11. The summed E-state index contributed by atoms with van der Waals surface area (Å²) in [7, 11) is 0. The van der Waals surface area contributed by atoms with Crippen LogP contribution < -0.4 is 0 Å². The van der Waals surface area contributed by atoms with Gasteiger partial charge in [0, 0.05) is 5.39 Å². The van der Waals surface area contributed by atoms with E-state index < -0.39 is 36.1 Å². The molecule has 9 nitrogen and oxygen atoms in total. The van der Waals surface area contributed by atoms with Gasteiger partial charge in [0.05, 0.1) is 5.52 Å². The zero-order valence-electron chi connectivity index (χ0n) is 12.3. The number of azo groups is 1. The first kappa shape index (κ1) is 14.6. The minimum Gasteiger partial charge on any atom is -0.272 e. The van der Waals surface area contributed by atoms with Crippen LogP contribution in [0.1, 0.15) is 12.0 Å². The van der Waals surface area contributed by atoms with Crippen molar-refractivity contribution in [2.45, 2.75) is 19.4 Å². The van der Waals surface area contributed by atoms with Crippen LogP contribution in [-0.4, -0.2) is 44.1 Å². The van der Waals surface area contributed by atoms with E-state index >= 15 is 0 Å². The zero-order valence-corrected chi connectivity index (χ0v) is 13.1. The standard InChI is InChI=1S/C14H9N5O4S/c1-6-2-3-8-7(4-6)12(24-17-8)16-15-11-13(22)18-9(20)5-10(21)19(18)14(11)23/h2-4,11H,5H2,1H3. The van der Waals surface area contributed by atoms with Gasteiger partial charge in [-0.3, -0.25) is 19.2 Å². The second-order valence-electron chi connectivity index (χ2n) is 5.39. The third-order valence-corrected chi connectivity index (χ3v) is 4.50. The van der Waals surface area contributed by atoms with Gasteiger partial charge in [-0.1, -0.05) is 11.6 Å². The largest absolute Gasteiger partial charge is 0.285 e. The molecule has 0 saturated carbocycles. The predicted molar refractivity (Wildman–Crippen MR) is 81.0 cm³/mol. The van der Waals surface area contributed by atoms with Crippen LogP contribution in [0.2, 0.25) is 0 Å². The second-order valence-corrected chi connectivity index (χ2v) is 6.14. The number of aromatic nitrogens is 1. The molecule has 0 radical (unpaired) electrons. The minimum atomic E-state index is -1.51. The molecular formula is C14H9N5O4S. The number of fused-ring (bicyclic) bond motifs is 2. The molecule has 2 saturated heterocycles. The first-order valence-electron chi connectivity index (χ1n) is 6.98. The smallest absolute Gasteiger partial charge is 0.272 e. The van der Waals surface area contributed by atoms with Crippen molar-refractivity contribution in [3.63, 3.8) is 0 Å². The van der Waals surface area contributed by atoms with Crippen molar-refractivity contribution >= 4 is 51.1 Å². The molecule has 0 spiro atoms. The molecule has 0 N–H and O–H groups in total. The summed E-state index contributed by atoms with van der Waals surface area (Å²) < 4.78 is 4.21. The fourth-order valence-corrected chi connectivity index (χ4v) is 3.30. The maximum Gasteiger partial charge on any atom is 0.285 e. The molecule has 2 aliphatic heterocycles. The van der Waals surface area contributed by atoms with Crippen molar-refractivity contribution < 1.29 is 19.2 Å². The number of carbonyl (C=O) groups is 4. The number of imide groups is 2. The molecule has 0 atom stereocenters. The molecule has 2 aliphatic rings. The number of rotatable bonds is 2. The van der Waals surface area contributed by atoms with E-state index in [1.807, 2.05) is 25.1 Å². The summed E-state index contributed by atoms with van der Waals surface area (Å²) in [4.78, 5) is 47.6. The van der Waals surface area contributed by atoms with Crippen LogP contribution in [0, 0.1) is 6.92 Å². The first-order valence-corrected chi connectivity index (χ1v) is 7.75. The van der Waals surface area contributed by atoms with Gasteiger partial charge in [-0.25, -0.2) is 0 Å². The van der Waals surface area contributed by atoms with Crippen LogP contribution in [0.15, 0.2) is 28.4 Å². The minimum absolute atomic E-state index is 0.453. The second kappa shape index (κ2) is 4.99. The molecule has 2 aromatic rings. The molecule has 3 heterocycles. The highest BCUT2D eigenvalue weighted by atomic mass is 32.1. The van der Waals surface area contributed by atoms with Crippen molar-refractivity contribution in [1.29, 1.82) is 0 Å². The van der Waals surface area contributed by atoms with Crippen molar-refractivity contribution in [1.82, 2.24) is 14.4 Å². The Labute approximate surface area is 138 Å². The van der Waals surface area contributed by atoms with Gasteiger partial charge in [0.1, 0.15) is 6.42 Å². The summed E-state index contributed by atoms with van der Waals surface area (Å²) in [5.74, 6) is -3.17. The third-order valence-electron chi connectivity index (χ3n) is 3.74. The van der Waals surface area contributed by atoms with Crippen molar-refractivity contribution in [3.8, 4) is 0 Å². The Morgan fingerprint density at radius 2 is 1.79 bits per heavy atom. The molecule has 120 valence electrons. The van der Waals surface area contributed by atoms with E-state index in [4.69, 9.17) is 0 Å². The highest BCUT2D eigenvalue weighted by Crippen LogP contribution is 2.32. The van der Waals surface area contributed by atoms with Crippen LogP contribution in [0.25, 0.3) is 10.9 Å². The van der Waals surface area contributed by atoms with Gasteiger partial charge >= 0.3 is 0 Å². The van der Waals surface area contributed by atoms with Gasteiger partial charge in [0.2, 0.25) is 6.04 Å². The lowest BCUT2D eigenvalue weighted by Crippen LogP contribution is -2.38. The Bertz CT molecular complexity index is 933. The molecule has 4 rings (SSSR count). The molecular weight excluding hydrogens is 334 g/mol. The summed E-state index contributed by atoms with van der Waals surface area (Å²) in [5, 5.41) is 10.0. The molecule has 24 heavy (non-hydrogen) atoms. The number of carbonyl (C=O) groups excluding carboxylic acids is 4. The molecule has 4 amide bonds. The maximum atomic E-state index is 12.2. The SMILES string of the molecule is Cc1ccc2nsc(N=NC3C(=O)N4C(=O)CC(=O)N4C3=O)c2c1. The number of amides is 4. The highest BCUT2D eigenvalue weighted by Gasteiger charge is 2.56. The fourth-order valence-electron chi connectivity index (χ4n) is 2.61. The topological polar surface area (TPSA) is 112 Å². The molecule has 0 bridgehead atoms. The van der Waals surface area contributed by atoms with Crippen LogP contribution in [0.4, 0.5) is 5.00 Å². The third kappa shape index (κ3) is 1.96. The summed E-state index contributed by atoms with van der Waals surface area (Å²) in [6.45, 7) is 1.92. The highest BCUT2D eigenvalue weighted by molar-refractivity contribution is 7.11. The van der Waals surface area contributed by atoms with Gasteiger partial charge in [0.25, 0.3) is 23.6 Å². The van der Waals surface area contributed by atoms with E-state index in [0.717, 1.165) is 28.0 Å². The fraction of sp³-hybridized carbons (Fsp3) is 0.214. The van der Waals surface area contributed by atoms with Gasteiger partial charge in [-0.2, -0.15) is 19.5 Å². The average molecular weight is 343 g/mol. The summed E-state index contributed by atoms with van der Waals surface area (Å²) >= 11 is 1.09. The van der Waals surface area contributed by atoms with Crippen LogP contribution >= 0.6 is 11.5 Å². The number of hydrazine groups is 1. The van der Waals surface area contributed by atoms with Crippen LogP contribution in [0.5, 0.6) is 0 Å². The zero-order chi connectivity index (χ0) is 17.0. The Balaban J connectivity index is 1.67. The van der Waals surface area contributed by atoms with Crippen LogP contribution in [0.3, 0.4) is 0 Å². The molecule has 1 aromatic heterocycles. The van der Waals surface area contributed by atoms with E-state index in [1.165, 1.54) is 0 Å². The predicted octanol–water partition coefficient (Wildman–Crippen LogP) is 1.10. The van der Waals surface area contributed by atoms with Gasteiger partial charge in [-0.05, 0) is 30.6 Å². The van der Waals surface area contributed by atoms with Crippen molar-refractivity contribution in [2.24, 2.45) is 10.2 Å². The van der Waals surface area contributed by atoms with Gasteiger partial charge in [-0.15, -0.1) is 5.11 Å². The lowest BCUT2D eigenvalue weighted by atomic mass is 10.2. The van der Waals surface area contributed by atoms with Crippen LogP contribution in [-0.2, 0) is 19.2 Å². The van der Waals surface area contributed by atoms with Gasteiger partial charge < -0.3 is 0 Å². The first-order chi connectivity index (χ1) is 11.5. The number of hydrogen-bond acceptors (Lipinski definition) is 8. The van der Waals surface area contributed by atoms with Gasteiger partial charge in [0.15, 0.2) is 5.00 Å². The number of benzene rings is 1. The Morgan fingerprint density at radius 1 is 1.12 bits per heavy atom. The maximum absolute atomic E-state index is 12.2. The lowest BCUT2D eigenvalue weighted by molar-refractivity contribution is -0.159. The molecule has 0 aliphatic carbocycles. The van der Waals surface area contributed by atoms with E-state index in [2.05, 4.69) is 14.6 Å². The summed E-state index contributed by atoms with van der Waals surface area (Å²) in [6.07, 6.45) is -0.486. The Kier molecular flexibility index (Phi) is 3.03. The van der Waals surface area contributed by atoms with E-state index in [9.17, 15) is 19.2 Å². The molecule has 10 heteroatoms. The van der Waals surface area contributed by atoms with E-state index in [-0.39, 0.29) is 0 Å². The van der Waals surface area contributed by atoms with E-state index in [1.54, 1.807) is 0 Å². The molecule has 1 aromatic carbocycles. The Morgan fingerprint density at radius 3 is 2.46 bits per heavy atom. The van der Waals surface area contributed by atoms with Crippen molar-refractivity contribution in [3.05, 3.63) is 23.8 Å². The summed E-state index contributed by atoms with van der Waals surface area (Å²) in [5.41, 5.74) is 1.74. The molecule has 2 fully saturated rings. The normalized spacial score (nSPS) is 18.7. The number of hydrogen-bond donors (Lipinski definition) is 0. The van der Waals surface area contributed by atoms with Crippen molar-refractivity contribution in [2.75, 3.05) is 0 Å². The average Bonchev–Trinajstić information content (AvgIpc) is 3.14.